The van der Waals surface area contributed by atoms with E-state index >= 15 is 0 Å². The summed E-state index contributed by atoms with van der Waals surface area (Å²) in [4.78, 5) is 8.97. The van der Waals surface area contributed by atoms with Crippen LogP contribution >= 0.6 is 0 Å². The Bertz CT molecular complexity index is 983. The van der Waals surface area contributed by atoms with Gasteiger partial charge >= 0.3 is 0 Å². The maximum absolute atomic E-state index is 14.5. The molecule has 2 aromatic carbocycles. The maximum Gasteiger partial charge on any atom is 0.162 e. The van der Waals surface area contributed by atoms with Gasteiger partial charge in [0.05, 0.1) is 25.4 Å². The lowest BCUT2D eigenvalue weighted by molar-refractivity contribution is 0.356. The molecule has 3 aromatic rings. The van der Waals surface area contributed by atoms with Crippen LogP contribution in [0.4, 0.5) is 4.39 Å². The van der Waals surface area contributed by atoms with E-state index in [0.29, 0.717) is 22.8 Å². The number of aliphatic imine (C=N–C) groups is 1. The Hall–Kier alpha value is -2.95. The Morgan fingerprint density at radius 2 is 1.81 bits per heavy atom. The van der Waals surface area contributed by atoms with Gasteiger partial charge in [-0.15, -0.1) is 0 Å². The van der Waals surface area contributed by atoms with Gasteiger partial charge in [0.1, 0.15) is 5.82 Å². The van der Waals surface area contributed by atoms with E-state index in [1.54, 1.807) is 33.4 Å². The molecule has 0 aliphatic rings. The molecule has 0 saturated carbocycles. The SMILES string of the molecule is CCc1cnc2cc(OC)c(OC)cc2c1C(=NC)c1ccccc1F. The molecule has 0 saturated heterocycles. The van der Waals surface area contributed by atoms with E-state index in [1.807, 2.05) is 31.3 Å². The van der Waals surface area contributed by atoms with E-state index in [9.17, 15) is 4.39 Å². The lowest BCUT2D eigenvalue weighted by atomic mass is 9.93. The summed E-state index contributed by atoms with van der Waals surface area (Å²) in [5.74, 6) is 0.893. The van der Waals surface area contributed by atoms with Gasteiger partial charge in [0.15, 0.2) is 11.5 Å². The molecule has 0 fully saturated rings. The van der Waals surface area contributed by atoms with E-state index in [4.69, 9.17) is 9.47 Å². The lowest BCUT2D eigenvalue weighted by Gasteiger charge is -2.16. The number of aryl methyl sites for hydroxylation is 1. The standard InChI is InChI=1S/C21H21FN2O2/c1-5-13-12-24-17-11-19(26-4)18(25-3)10-15(17)20(13)21(23-2)14-8-6-7-9-16(14)22/h6-12H,5H2,1-4H3. The third-order valence-electron chi connectivity index (χ3n) is 4.42. The van der Waals surface area contributed by atoms with Crippen molar-refractivity contribution in [3.63, 3.8) is 0 Å². The quantitative estimate of drug-likeness (QED) is 0.639. The van der Waals surface area contributed by atoms with Crippen LogP contribution in [0.1, 0.15) is 23.6 Å². The van der Waals surface area contributed by atoms with E-state index < -0.39 is 0 Å². The van der Waals surface area contributed by atoms with Crippen LogP contribution in [-0.4, -0.2) is 32.0 Å². The number of hydrogen-bond acceptors (Lipinski definition) is 4. The Morgan fingerprint density at radius 1 is 1.12 bits per heavy atom. The second-order valence-corrected chi connectivity index (χ2v) is 5.79. The maximum atomic E-state index is 14.5. The molecule has 5 heteroatoms. The minimum Gasteiger partial charge on any atom is -0.493 e. The van der Waals surface area contributed by atoms with Crippen LogP contribution in [0.15, 0.2) is 47.6 Å². The predicted molar refractivity (Wildman–Crippen MR) is 102 cm³/mol. The molecule has 0 aliphatic heterocycles. The molecular weight excluding hydrogens is 331 g/mol. The van der Waals surface area contributed by atoms with Crippen molar-refractivity contribution in [2.45, 2.75) is 13.3 Å². The van der Waals surface area contributed by atoms with Gasteiger partial charge < -0.3 is 9.47 Å². The van der Waals surface area contributed by atoms with Crippen LogP contribution < -0.4 is 9.47 Å². The topological polar surface area (TPSA) is 43.7 Å². The Morgan fingerprint density at radius 3 is 2.42 bits per heavy atom. The number of aromatic nitrogens is 1. The summed E-state index contributed by atoms with van der Waals surface area (Å²) in [7, 11) is 4.85. The molecule has 0 atom stereocenters. The second kappa shape index (κ2) is 7.52. The lowest BCUT2D eigenvalue weighted by Crippen LogP contribution is -2.11. The van der Waals surface area contributed by atoms with Crippen molar-refractivity contribution >= 4 is 16.6 Å². The molecule has 134 valence electrons. The summed E-state index contributed by atoms with van der Waals surface area (Å²) in [6.45, 7) is 2.04. The van der Waals surface area contributed by atoms with Crippen LogP contribution in [-0.2, 0) is 6.42 Å². The van der Waals surface area contributed by atoms with Crippen LogP contribution in [0, 0.1) is 5.82 Å². The minimum atomic E-state index is -0.305. The van der Waals surface area contributed by atoms with Crippen molar-refractivity contribution in [1.82, 2.24) is 4.98 Å². The molecule has 0 radical (unpaired) electrons. The average molecular weight is 352 g/mol. The second-order valence-electron chi connectivity index (χ2n) is 5.79. The van der Waals surface area contributed by atoms with E-state index in [2.05, 4.69) is 9.98 Å². The number of hydrogen-bond donors (Lipinski definition) is 0. The molecule has 0 unspecified atom stereocenters. The van der Waals surface area contributed by atoms with Gasteiger partial charge in [-0.1, -0.05) is 19.1 Å². The highest BCUT2D eigenvalue weighted by Gasteiger charge is 2.19. The van der Waals surface area contributed by atoms with Crippen molar-refractivity contribution in [3.8, 4) is 11.5 Å². The average Bonchev–Trinajstić information content (AvgIpc) is 2.68. The van der Waals surface area contributed by atoms with Gasteiger partial charge in [0.25, 0.3) is 0 Å². The van der Waals surface area contributed by atoms with Gasteiger partial charge in [-0.05, 0) is 30.2 Å². The first kappa shape index (κ1) is 17.9. The van der Waals surface area contributed by atoms with Crippen molar-refractivity contribution in [2.24, 2.45) is 4.99 Å². The highest BCUT2D eigenvalue weighted by Crippen LogP contribution is 2.35. The van der Waals surface area contributed by atoms with Gasteiger partial charge in [-0.3, -0.25) is 9.98 Å². The first-order chi connectivity index (χ1) is 12.6. The number of pyridine rings is 1. The fourth-order valence-electron chi connectivity index (χ4n) is 3.13. The molecule has 4 nitrogen and oxygen atoms in total. The van der Waals surface area contributed by atoms with E-state index in [-0.39, 0.29) is 5.82 Å². The van der Waals surface area contributed by atoms with Crippen molar-refractivity contribution in [3.05, 3.63) is 65.1 Å². The largest absolute Gasteiger partial charge is 0.493 e. The van der Waals surface area contributed by atoms with Gasteiger partial charge in [0, 0.05) is 35.8 Å². The molecule has 0 bridgehead atoms. The molecule has 0 N–H and O–H groups in total. The highest BCUT2D eigenvalue weighted by molar-refractivity contribution is 6.20. The van der Waals surface area contributed by atoms with Crippen molar-refractivity contribution in [1.29, 1.82) is 0 Å². The molecule has 26 heavy (non-hydrogen) atoms. The Labute approximate surface area is 152 Å². The number of ether oxygens (including phenoxy) is 2. The molecule has 0 spiro atoms. The fourth-order valence-corrected chi connectivity index (χ4v) is 3.13. The summed E-state index contributed by atoms with van der Waals surface area (Å²) in [5, 5.41) is 0.853. The first-order valence-electron chi connectivity index (χ1n) is 8.40. The number of benzene rings is 2. The molecule has 1 heterocycles. The summed E-state index contributed by atoms with van der Waals surface area (Å²) < 4.78 is 25.3. The molecule has 3 rings (SSSR count). The van der Waals surface area contributed by atoms with Crippen molar-refractivity contribution < 1.29 is 13.9 Å². The smallest absolute Gasteiger partial charge is 0.162 e. The zero-order valence-corrected chi connectivity index (χ0v) is 15.3. The third kappa shape index (κ3) is 3.01. The molecule has 0 aliphatic carbocycles. The normalized spacial score (nSPS) is 11.7. The van der Waals surface area contributed by atoms with Crippen LogP contribution in [0.5, 0.6) is 11.5 Å². The molecule has 0 amide bonds. The third-order valence-corrected chi connectivity index (χ3v) is 4.42. The molecular formula is C21H21FN2O2. The summed E-state index contributed by atoms with van der Waals surface area (Å²) in [6.07, 6.45) is 2.57. The monoisotopic (exact) mass is 352 g/mol. The summed E-state index contributed by atoms with van der Waals surface area (Å²) in [6, 6.07) is 10.4. The Balaban J connectivity index is 2.37. The van der Waals surface area contributed by atoms with Gasteiger partial charge in [-0.2, -0.15) is 0 Å². The highest BCUT2D eigenvalue weighted by atomic mass is 19.1. The number of nitrogens with zero attached hydrogens (tertiary/aromatic N) is 2. The van der Waals surface area contributed by atoms with Gasteiger partial charge in [-0.25, -0.2) is 4.39 Å². The van der Waals surface area contributed by atoms with Crippen molar-refractivity contribution in [2.75, 3.05) is 21.3 Å². The first-order valence-corrected chi connectivity index (χ1v) is 8.40. The molecule has 1 aromatic heterocycles. The van der Waals surface area contributed by atoms with Crippen LogP contribution in [0.25, 0.3) is 10.9 Å². The predicted octanol–water partition coefficient (Wildman–Crippen LogP) is 4.42. The summed E-state index contributed by atoms with van der Waals surface area (Å²) in [5.41, 5.74) is 3.67. The zero-order chi connectivity index (χ0) is 18.7. The number of fused-ring (bicyclic) bond motifs is 1. The van der Waals surface area contributed by atoms with E-state index in [1.165, 1.54) is 6.07 Å². The number of rotatable bonds is 5. The number of methoxy groups -OCH3 is 2. The van der Waals surface area contributed by atoms with Gasteiger partial charge in [0.2, 0.25) is 0 Å². The zero-order valence-electron chi connectivity index (χ0n) is 15.3. The van der Waals surface area contributed by atoms with Crippen LogP contribution in [0.3, 0.4) is 0 Å². The fraction of sp³-hybridized carbons (Fsp3) is 0.238. The minimum absolute atomic E-state index is 0.305. The van der Waals surface area contributed by atoms with Crippen LogP contribution in [0.2, 0.25) is 0 Å². The Kier molecular flexibility index (Phi) is 5.16. The van der Waals surface area contributed by atoms with E-state index in [0.717, 1.165) is 28.5 Å². The summed E-state index contributed by atoms with van der Waals surface area (Å²) >= 11 is 0. The number of halogens is 1.